The topological polar surface area (TPSA) is 24.9 Å². The summed E-state index contributed by atoms with van der Waals surface area (Å²) in [4.78, 5) is 4.18. The fraction of sp³-hybridized carbons (Fsp3) is 0.308. The molecule has 0 aliphatic heterocycles. The molecule has 1 aromatic carbocycles. The summed E-state index contributed by atoms with van der Waals surface area (Å²) < 4.78 is 27.1. The molecular formula is C13H14F2N2S. The van der Waals surface area contributed by atoms with Crippen LogP contribution < -0.4 is 5.32 Å². The fourth-order valence-corrected chi connectivity index (χ4v) is 2.34. The molecule has 1 heterocycles. The second kappa shape index (κ2) is 6.02. The van der Waals surface area contributed by atoms with Crippen molar-refractivity contribution in [3.05, 3.63) is 52.0 Å². The number of halogens is 2. The van der Waals surface area contributed by atoms with Crippen LogP contribution in [0, 0.1) is 11.6 Å². The second-order valence-corrected chi connectivity index (χ2v) is 4.68. The van der Waals surface area contributed by atoms with Gasteiger partial charge in [-0.15, -0.1) is 11.3 Å². The van der Waals surface area contributed by atoms with Crippen molar-refractivity contribution in [2.24, 2.45) is 0 Å². The number of nitrogens with one attached hydrogen (secondary N) is 1. The molecule has 5 heteroatoms. The van der Waals surface area contributed by atoms with E-state index >= 15 is 0 Å². The first kappa shape index (κ1) is 13.1. The zero-order valence-corrected chi connectivity index (χ0v) is 10.8. The van der Waals surface area contributed by atoms with E-state index in [9.17, 15) is 8.78 Å². The van der Waals surface area contributed by atoms with Gasteiger partial charge in [0.25, 0.3) is 0 Å². The largest absolute Gasteiger partial charge is 0.305 e. The highest BCUT2D eigenvalue weighted by molar-refractivity contribution is 7.07. The van der Waals surface area contributed by atoms with Gasteiger partial charge in [0.1, 0.15) is 11.6 Å². The molecule has 1 unspecified atom stereocenters. The van der Waals surface area contributed by atoms with Crippen molar-refractivity contribution in [1.82, 2.24) is 10.3 Å². The molecule has 18 heavy (non-hydrogen) atoms. The molecule has 0 radical (unpaired) electrons. The van der Waals surface area contributed by atoms with Gasteiger partial charge in [-0.1, -0.05) is 6.92 Å². The molecule has 0 amide bonds. The molecule has 2 rings (SSSR count). The molecule has 0 aliphatic carbocycles. The average Bonchev–Trinajstić information content (AvgIpc) is 2.88. The van der Waals surface area contributed by atoms with Gasteiger partial charge in [-0.05, 0) is 31.2 Å². The van der Waals surface area contributed by atoms with E-state index in [1.54, 1.807) is 5.51 Å². The summed E-state index contributed by atoms with van der Waals surface area (Å²) in [6.45, 7) is 2.74. The maximum atomic E-state index is 13.8. The third kappa shape index (κ3) is 2.91. The van der Waals surface area contributed by atoms with Gasteiger partial charge < -0.3 is 5.32 Å². The summed E-state index contributed by atoms with van der Waals surface area (Å²) in [6, 6.07) is 3.10. The van der Waals surface area contributed by atoms with E-state index in [0.29, 0.717) is 5.56 Å². The molecule has 2 nitrogen and oxygen atoms in total. The lowest BCUT2D eigenvalue weighted by Crippen LogP contribution is -2.24. The summed E-state index contributed by atoms with van der Waals surface area (Å²) in [5, 5.41) is 5.04. The summed E-state index contributed by atoms with van der Waals surface area (Å²) in [6.07, 6.45) is 0.914. The molecule has 96 valence electrons. The Balaban J connectivity index is 2.36. The van der Waals surface area contributed by atoms with E-state index in [2.05, 4.69) is 10.3 Å². The minimum absolute atomic E-state index is 0.300. The Bertz CT molecular complexity index is 500. The summed E-state index contributed by atoms with van der Waals surface area (Å²) in [5.74, 6) is -0.858. The third-order valence-electron chi connectivity index (χ3n) is 2.61. The lowest BCUT2D eigenvalue weighted by molar-refractivity contribution is 0.530. The SMILES string of the molecule is CCCNC(c1cscn1)c1cc(F)ccc1F. The Labute approximate surface area is 109 Å². The number of thiazole rings is 1. The lowest BCUT2D eigenvalue weighted by Gasteiger charge is -2.17. The highest BCUT2D eigenvalue weighted by atomic mass is 32.1. The molecule has 1 atom stereocenters. The van der Waals surface area contributed by atoms with Gasteiger partial charge in [0, 0.05) is 10.9 Å². The monoisotopic (exact) mass is 268 g/mol. The van der Waals surface area contributed by atoms with Crippen LogP contribution in [0.2, 0.25) is 0 Å². The Kier molecular flexibility index (Phi) is 4.38. The quantitative estimate of drug-likeness (QED) is 0.897. The van der Waals surface area contributed by atoms with E-state index in [0.717, 1.165) is 30.8 Å². The van der Waals surface area contributed by atoms with E-state index in [4.69, 9.17) is 0 Å². The standard InChI is InChI=1S/C13H14F2N2S/c1-2-5-16-13(12-7-18-8-17-12)10-6-9(14)3-4-11(10)15/h3-4,6-8,13,16H,2,5H2,1H3. The third-order valence-corrected chi connectivity index (χ3v) is 3.22. The van der Waals surface area contributed by atoms with Gasteiger partial charge in [0.05, 0.1) is 17.2 Å². The predicted molar refractivity (Wildman–Crippen MR) is 68.6 cm³/mol. The molecule has 0 saturated carbocycles. The molecule has 1 aromatic heterocycles. The van der Waals surface area contributed by atoms with Crippen LogP contribution in [0.25, 0.3) is 0 Å². The van der Waals surface area contributed by atoms with Gasteiger partial charge in [-0.25, -0.2) is 13.8 Å². The Morgan fingerprint density at radius 3 is 2.89 bits per heavy atom. The smallest absolute Gasteiger partial charge is 0.128 e. The molecule has 0 aliphatic rings. The zero-order valence-electron chi connectivity index (χ0n) is 9.99. The Morgan fingerprint density at radius 1 is 1.39 bits per heavy atom. The van der Waals surface area contributed by atoms with Crippen molar-refractivity contribution < 1.29 is 8.78 Å². The van der Waals surface area contributed by atoms with Crippen LogP contribution in [-0.2, 0) is 0 Å². The second-order valence-electron chi connectivity index (χ2n) is 3.97. The summed E-state index contributed by atoms with van der Waals surface area (Å²) in [7, 11) is 0. The Morgan fingerprint density at radius 2 is 2.22 bits per heavy atom. The number of hydrogen-bond donors (Lipinski definition) is 1. The molecule has 0 bridgehead atoms. The van der Waals surface area contributed by atoms with Gasteiger partial charge in [-0.2, -0.15) is 0 Å². The number of nitrogens with zero attached hydrogens (tertiary/aromatic N) is 1. The first-order chi connectivity index (χ1) is 8.72. The van der Waals surface area contributed by atoms with Crippen molar-refractivity contribution in [2.45, 2.75) is 19.4 Å². The van der Waals surface area contributed by atoms with E-state index in [1.807, 2.05) is 12.3 Å². The summed E-state index contributed by atoms with van der Waals surface area (Å²) in [5.41, 5.74) is 2.71. The fourth-order valence-electron chi connectivity index (χ4n) is 1.76. The minimum Gasteiger partial charge on any atom is -0.305 e. The van der Waals surface area contributed by atoms with Crippen LogP contribution in [0.1, 0.15) is 30.6 Å². The van der Waals surface area contributed by atoms with Crippen LogP contribution in [0.3, 0.4) is 0 Å². The van der Waals surface area contributed by atoms with E-state index < -0.39 is 17.7 Å². The van der Waals surface area contributed by atoms with Crippen LogP contribution in [0.4, 0.5) is 8.78 Å². The van der Waals surface area contributed by atoms with Crippen molar-refractivity contribution in [2.75, 3.05) is 6.54 Å². The van der Waals surface area contributed by atoms with Crippen LogP contribution in [-0.4, -0.2) is 11.5 Å². The number of rotatable bonds is 5. The Hall–Kier alpha value is -1.33. The van der Waals surface area contributed by atoms with E-state index in [1.165, 1.54) is 17.4 Å². The van der Waals surface area contributed by atoms with Gasteiger partial charge in [0.15, 0.2) is 0 Å². The van der Waals surface area contributed by atoms with Gasteiger partial charge >= 0.3 is 0 Å². The maximum Gasteiger partial charge on any atom is 0.128 e. The molecule has 0 fully saturated rings. The molecular weight excluding hydrogens is 254 g/mol. The van der Waals surface area contributed by atoms with Gasteiger partial charge in [0.2, 0.25) is 0 Å². The predicted octanol–water partition coefficient (Wildman–Crippen LogP) is 3.51. The number of aromatic nitrogens is 1. The van der Waals surface area contributed by atoms with Gasteiger partial charge in [-0.3, -0.25) is 0 Å². The highest BCUT2D eigenvalue weighted by Gasteiger charge is 2.19. The van der Waals surface area contributed by atoms with Crippen LogP contribution in [0.5, 0.6) is 0 Å². The first-order valence-electron chi connectivity index (χ1n) is 5.78. The van der Waals surface area contributed by atoms with Crippen molar-refractivity contribution in [3.63, 3.8) is 0 Å². The number of benzene rings is 1. The summed E-state index contributed by atoms with van der Waals surface area (Å²) >= 11 is 1.44. The highest BCUT2D eigenvalue weighted by Crippen LogP contribution is 2.25. The number of hydrogen-bond acceptors (Lipinski definition) is 3. The minimum atomic E-state index is -0.440. The lowest BCUT2D eigenvalue weighted by atomic mass is 10.0. The van der Waals surface area contributed by atoms with Crippen molar-refractivity contribution in [3.8, 4) is 0 Å². The zero-order chi connectivity index (χ0) is 13.0. The first-order valence-corrected chi connectivity index (χ1v) is 6.73. The molecule has 2 aromatic rings. The van der Waals surface area contributed by atoms with Crippen LogP contribution in [0.15, 0.2) is 29.1 Å². The normalized spacial score (nSPS) is 12.6. The molecule has 0 spiro atoms. The average molecular weight is 268 g/mol. The molecule has 1 N–H and O–H groups in total. The van der Waals surface area contributed by atoms with Crippen molar-refractivity contribution in [1.29, 1.82) is 0 Å². The maximum absolute atomic E-state index is 13.8. The van der Waals surface area contributed by atoms with Crippen molar-refractivity contribution >= 4 is 11.3 Å². The molecule has 0 saturated heterocycles. The van der Waals surface area contributed by atoms with Crippen LogP contribution >= 0.6 is 11.3 Å². The van der Waals surface area contributed by atoms with E-state index in [-0.39, 0.29) is 0 Å².